The highest BCUT2D eigenvalue weighted by atomic mass is 16.3. The van der Waals surface area contributed by atoms with E-state index >= 15 is 0 Å². The normalized spacial score (nSPS) is 15.3. The summed E-state index contributed by atoms with van der Waals surface area (Å²) in [5.74, 6) is 0.284. The molecule has 0 aliphatic carbocycles. The molecular weight excluding hydrogens is 326 g/mol. The van der Waals surface area contributed by atoms with E-state index in [1.54, 1.807) is 0 Å². The van der Waals surface area contributed by atoms with Crippen molar-refractivity contribution in [1.82, 2.24) is 4.98 Å². The molecule has 0 unspecified atom stereocenters. The average molecular weight is 349 g/mol. The van der Waals surface area contributed by atoms with Crippen molar-refractivity contribution in [2.75, 3.05) is 29.9 Å². The highest BCUT2D eigenvalue weighted by Gasteiger charge is 2.21. The number of nitrogens with one attached hydrogen (secondary N) is 2. The Kier molecular flexibility index (Phi) is 4.63. The van der Waals surface area contributed by atoms with Crippen LogP contribution >= 0.6 is 0 Å². The summed E-state index contributed by atoms with van der Waals surface area (Å²) in [4.78, 5) is 18.2. The molecule has 26 heavy (non-hydrogen) atoms. The number of aromatic nitrogens is 1. The lowest BCUT2D eigenvalue weighted by molar-refractivity contribution is 0.102. The van der Waals surface area contributed by atoms with Gasteiger partial charge in [-0.15, -0.1) is 0 Å². The van der Waals surface area contributed by atoms with Crippen LogP contribution in [0.25, 0.3) is 10.9 Å². The summed E-state index contributed by atoms with van der Waals surface area (Å²) in [6.45, 7) is 2.05. The van der Waals surface area contributed by atoms with E-state index in [1.807, 2.05) is 54.7 Å². The second kappa shape index (κ2) is 7.22. The van der Waals surface area contributed by atoms with Gasteiger partial charge in [-0.25, -0.2) is 0 Å². The van der Waals surface area contributed by atoms with Crippen LogP contribution in [0, 0.1) is 5.92 Å². The van der Waals surface area contributed by atoms with Crippen LogP contribution in [0.5, 0.6) is 0 Å². The second-order valence-corrected chi connectivity index (χ2v) is 6.86. The van der Waals surface area contributed by atoms with Crippen molar-refractivity contribution in [3.63, 3.8) is 0 Å². The van der Waals surface area contributed by atoms with E-state index in [0.29, 0.717) is 11.5 Å². The van der Waals surface area contributed by atoms with Crippen LogP contribution in [-0.4, -0.2) is 35.7 Å². The van der Waals surface area contributed by atoms with E-state index < -0.39 is 0 Å². The quantitative estimate of drug-likeness (QED) is 0.674. The highest BCUT2D eigenvalue weighted by Crippen LogP contribution is 2.30. The molecule has 3 N–H and O–H groups in total. The Bertz CT molecular complexity index is 910. The number of fused-ring (bicyclic) bond motifs is 1. The number of hydrogen-bond donors (Lipinski definition) is 3. The molecule has 1 fully saturated rings. The van der Waals surface area contributed by atoms with Gasteiger partial charge in [0.05, 0.1) is 11.4 Å². The minimum atomic E-state index is -0.106. The number of carbonyl (C=O) groups is 1. The molecule has 4 rings (SSSR count). The number of aliphatic hydroxyl groups excluding tert-OH is 1. The molecule has 2 heterocycles. The van der Waals surface area contributed by atoms with Gasteiger partial charge < -0.3 is 20.3 Å². The van der Waals surface area contributed by atoms with Crippen molar-refractivity contribution in [1.29, 1.82) is 0 Å². The summed E-state index contributed by atoms with van der Waals surface area (Å²) in [6, 6.07) is 15.6. The molecule has 1 amide bonds. The predicted molar refractivity (Wildman–Crippen MR) is 105 cm³/mol. The maximum atomic E-state index is 12.7. The minimum Gasteiger partial charge on any atom is -0.396 e. The molecule has 2 aromatic carbocycles. The zero-order valence-corrected chi connectivity index (χ0v) is 14.6. The summed E-state index contributed by atoms with van der Waals surface area (Å²) in [7, 11) is 0. The van der Waals surface area contributed by atoms with Crippen LogP contribution in [0.4, 0.5) is 11.4 Å². The van der Waals surface area contributed by atoms with Crippen LogP contribution in [-0.2, 0) is 0 Å². The van der Waals surface area contributed by atoms with Crippen LogP contribution in [0.3, 0.4) is 0 Å². The van der Waals surface area contributed by atoms with Crippen molar-refractivity contribution in [2.45, 2.75) is 12.8 Å². The Hall–Kier alpha value is -2.79. The van der Waals surface area contributed by atoms with Crippen molar-refractivity contribution in [2.24, 2.45) is 5.92 Å². The predicted octanol–water partition coefficient (Wildman–Crippen LogP) is 3.63. The van der Waals surface area contributed by atoms with Crippen molar-refractivity contribution < 1.29 is 9.90 Å². The molecule has 0 spiro atoms. The Morgan fingerprint density at radius 3 is 2.77 bits per heavy atom. The molecule has 5 heteroatoms. The summed E-state index contributed by atoms with van der Waals surface area (Å²) < 4.78 is 0. The maximum Gasteiger partial charge on any atom is 0.255 e. The van der Waals surface area contributed by atoms with Gasteiger partial charge in [0.25, 0.3) is 5.91 Å². The van der Waals surface area contributed by atoms with E-state index in [2.05, 4.69) is 15.2 Å². The number of aliphatic hydroxyl groups is 1. The van der Waals surface area contributed by atoms with Crippen molar-refractivity contribution in [3.8, 4) is 0 Å². The van der Waals surface area contributed by atoms with Crippen LogP contribution < -0.4 is 10.2 Å². The number of rotatable bonds is 4. The van der Waals surface area contributed by atoms with Gasteiger partial charge in [-0.2, -0.15) is 0 Å². The van der Waals surface area contributed by atoms with E-state index in [9.17, 15) is 9.90 Å². The fourth-order valence-electron chi connectivity index (χ4n) is 3.60. The van der Waals surface area contributed by atoms with Crippen molar-refractivity contribution >= 4 is 28.2 Å². The standard InChI is InChI=1S/C21H23N3O2/c25-14-15-8-11-24(12-9-15)20-4-2-1-3-19(20)23-21(26)17-5-6-18-16(13-17)7-10-22-18/h1-7,10,13,15,22,25H,8-9,11-12,14H2,(H,23,26). The Balaban J connectivity index is 1.53. The topological polar surface area (TPSA) is 68.4 Å². The number of piperidine rings is 1. The fourth-order valence-corrected chi connectivity index (χ4v) is 3.60. The molecule has 1 aliphatic rings. The van der Waals surface area contributed by atoms with Crippen LogP contribution in [0.2, 0.25) is 0 Å². The van der Waals surface area contributed by atoms with Gasteiger partial charge in [0.1, 0.15) is 0 Å². The van der Waals surface area contributed by atoms with E-state index in [-0.39, 0.29) is 12.5 Å². The number of hydrogen-bond acceptors (Lipinski definition) is 3. The maximum absolute atomic E-state index is 12.7. The number of benzene rings is 2. The fraction of sp³-hybridized carbons (Fsp3) is 0.286. The largest absolute Gasteiger partial charge is 0.396 e. The lowest BCUT2D eigenvalue weighted by atomic mass is 9.97. The Morgan fingerprint density at radius 1 is 1.15 bits per heavy atom. The summed E-state index contributed by atoms with van der Waals surface area (Å²) >= 11 is 0. The van der Waals surface area contributed by atoms with Crippen molar-refractivity contribution in [3.05, 3.63) is 60.3 Å². The third kappa shape index (κ3) is 3.30. The first-order valence-electron chi connectivity index (χ1n) is 9.08. The first-order valence-corrected chi connectivity index (χ1v) is 9.08. The Morgan fingerprint density at radius 2 is 1.96 bits per heavy atom. The number of amides is 1. The highest BCUT2D eigenvalue weighted by molar-refractivity contribution is 6.07. The Labute approximate surface area is 152 Å². The van der Waals surface area contributed by atoms with Crippen LogP contribution in [0.1, 0.15) is 23.2 Å². The molecular formula is C21H23N3O2. The molecule has 1 saturated heterocycles. The van der Waals surface area contributed by atoms with Crippen LogP contribution in [0.15, 0.2) is 54.7 Å². The molecule has 0 atom stereocenters. The van der Waals surface area contributed by atoms with Gasteiger partial charge in [0.15, 0.2) is 0 Å². The minimum absolute atomic E-state index is 0.106. The number of para-hydroxylation sites is 2. The third-order valence-electron chi connectivity index (χ3n) is 5.18. The molecule has 5 nitrogen and oxygen atoms in total. The third-order valence-corrected chi connectivity index (χ3v) is 5.18. The van der Waals surface area contributed by atoms with Gasteiger partial charge in [0, 0.05) is 42.4 Å². The molecule has 0 bridgehead atoms. The smallest absolute Gasteiger partial charge is 0.255 e. The first-order chi connectivity index (χ1) is 12.7. The molecule has 0 radical (unpaired) electrons. The SMILES string of the molecule is O=C(Nc1ccccc1N1CCC(CO)CC1)c1ccc2[nH]ccc2c1. The lowest BCUT2D eigenvalue weighted by Crippen LogP contribution is -2.35. The van der Waals surface area contributed by atoms with E-state index in [4.69, 9.17) is 0 Å². The number of aromatic amines is 1. The monoisotopic (exact) mass is 349 g/mol. The molecule has 1 aliphatic heterocycles. The van der Waals surface area contributed by atoms with Gasteiger partial charge in [-0.1, -0.05) is 12.1 Å². The number of H-pyrrole nitrogens is 1. The van der Waals surface area contributed by atoms with E-state index in [1.165, 1.54) is 0 Å². The molecule has 134 valence electrons. The van der Waals surface area contributed by atoms with Gasteiger partial charge in [-0.3, -0.25) is 4.79 Å². The van der Waals surface area contributed by atoms with Gasteiger partial charge >= 0.3 is 0 Å². The zero-order chi connectivity index (χ0) is 17.9. The second-order valence-electron chi connectivity index (χ2n) is 6.86. The average Bonchev–Trinajstić information content (AvgIpc) is 3.16. The van der Waals surface area contributed by atoms with Gasteiger partial charge in [0.2, 0.25) is 0 Å². The number of anilines is 2. The molecule has 3 aromatic rings. The summed E-state index contributed by atoms with van der Waals surface area (Å²) in [5, 5.41) is 13.4. The summed E-state index contributed by atoms with van der Waals surface area (Å²) in [5.41, 5.74) is 3.54. The number of nitrogens with zero attached hydrogens (tertiary/aromatic N) is 1. The first kappa shape index (κ1) is 16.7. The zero-order valence-electron chi connectivity index (χ0n) is 14.6. The number of carbonyl (C=O) groups excluding carboxylic acids is 1. The van der Waals surface area contributed by atoms with E-state index in [0.717, 1.165) is 48.2 Å². The molecule has 0 saturated carbocycles. The summed E-state index contributed by atoms with van der Waals surface area (Å²) in [6.07, 6.45) is 3.82. The van der Waals surface area contributed by atoms with Gasteiger partial charge in [-0.05, 0) is 55.2 Å². The lowest BCUT2D eigenvalue weighted by Gasteiger charge is -2.34. The molecule has 1 aromatic heterocycles.